The van der Waals surface area contributed by atoms with Gasteiger partial charge in [0.15, 0.2) is 5.69 Å². The van der Waals surface area contributed by atoms with E-state index >= 15 is 0 Å². The van der Waals surface area contributed by atoms with Gasteiger partial charge in [-0.05, 0) is 0 Å². The van der Waals surface area contributed by atoms with Crippen LogP contribution in [0.2, 0.25) is 0 Å². The Balaban J connectivity index is 3.43. The van der Waals surface area contributed by atoms with Crippen LogP contribution >= 0.6 is 0 Å². The van der Waals surface area contributed by atoms with Gasteiger partial charge in [0.05, 0.1) is 0 Å². The molecular formula is C5H4FN3O3. The highest BCUT2D eigenvalue weighted by Gasteiger charge is 2.13. The van der Waals surface area contributed by atoms with E-state index in [1.807, 2.05) is 0 Å². The largest absolute Gasteiger partial charge is 0.493 e. The molecule has 1 rings (SSSR count). The van der Waals surface area contributed by atoms with Crippen LogP contribution in [0.5, 0.6) is 5.88 Å². The molecule has 0 atom stereocenters. The summed E-state index contributed by atoms with van der Waals surface area (Å²) in [5, 5.41) is 8.80. The van der Waals surface area contributed by atoms with E-state index in [2.05, 4.69) is 10.7 Å². The van der Waals surface area contributed by atoms with Crippen molar-refractivity contribution in [3.63, 3.8) is 0 Å². The number of carbonyl (C=O) groups excluding carboxylic acids is 1. The summed E-state index contributed by atoms with van der Waals surface area (Å²) in [6.45, 7) is 0. The molecule has 1 aromatic rings. The lowest BCUT2D eigenvalue weighted by Crippen LogP contribution is -2.21. The summed E-state index contributed by atoms with van der Waals surface area (Å²) in [5.41, 5.74) is 2.77. The molecule has 0 bridgehead atoms. The number of aromatic amines is 1. The van der Waals surface area contributed by atoms with E-state index in [0.29, 0.717) is 0 Å². The van der Waals surface area contributed by atoms with Crippen molar-refractivity contribution in [2.24, 2.45) is 5.73 Å². The molecule has 0 saturated heterocycles. The first-order valence-electron chi connectivity index (χ1n) is 2.81. The summed E-state index contributed by atoms with van der Waals surface area (Å²) < 4.78 is 12.3. The Morgan fingerprint density at radius 1 is 1.67 bits per heavy atom. The molecule has 0 fully saturated rings. The predicted molar refractivity (Wildman–Crippen MR) is 35.0 cm³/mol. The van der Waals surface area contributed by atoms with Gasteiger partial charge < -0.3 is 10.8 Å². The van der Waals surface area contributed by atoms with Gasteiger partial charge in [-0.1, -0.05) is 0 Å². The molecule has 64 valence electrons. The molecule has 0 aliphatic heterocycles. The van der Waals surface area contributed by atoms with Gasteiger partial charge in [0.1, 0.15) is 0 Å². The number of primary amides is 1. The number of rotatable bonds is 1. The highest BCUT2D eigenvalue weighted by Crippen LogP contribution is 2.05. The minimum atomic E-state index is -1.42. The summed E-state index contributed by atoms with van der Waals surface area (Å²) in [6, 6.07) is 0. The fourth-order valence-corrected chi connectivity index (χ4v) is 0.592. The number of carbonyl (C=O) groups is 1. The third kappa shape index (κ3) is 1.24. The molecule has 0 aliphatic rings. The van der Waals surface area contributed by atoms with Crippen LogP contribution in [-0.2, 0) is 0 Å². The zero-order valence-corrected chi connectivity index (χ0v) is 5.67. The van der Waals surface area contributed by atoms with E-state index in [1.54, 1.807) is 4.98 Å². The first-order valence-corrected chi connectivity index (χ1v) is 2.81. The average Bonchev–Trinajstić information content (AvgIpc) is 1.96. The highest BCUT2D eigenvalue weighted by molar-refractivity contribution is 5.92. The van der Waals surface area contributed by atoms with Gasteiger partial charge in [0.2, 0.25) is 5.88 Å². The lowest BCUT2D eigenvalue weighted by Gasteiger charge is -1.96. The molecular weight excluding hydrogens is 169 g/mol. The van der Waals surface area contributed by atoms with Crippen LogP contribution in [0.25, 0.3) is 0 Å². The number of hydrogen-bond acceptors (Lipinski definition) is 4. The van der Waals surface area contributed by atoms with Crippen molar-refractivity contribution in [3.05, 3.63) is 22.0 Å². The second-order valence-corrected chi connectivity index (χ2v) is 1.92. The van der Waals surface area contributed by atoms with Crippen molar-refractivity contribution in [1.82, 2.24) is 9.97 Å². The number of nitrogens with two attached hydrogens (primary N) is 1. The molecule has 12 heavy (non-hydrogen) atoms. The van der Waals surface area contributed by atoms with Crippen LogP contribution in [0, 0.1) is 5.95 Å². The maximum atomic E-state index is 12.3. The zero-order chi connectivity index (χ0) is 9.30. The molecule has 0 aliphatic carbocycles. The van der Waals surface area contributed by atoms with Gasteiger partial charge in [0, 0.05) is 0 Å². The Bertz CT molecular complexity index is 386. The van der Waals surface area contributed by atoms with E-state index in [-0.39, 0.29) is 0 Å². The SMILES string of the molecule is NC(=O)c1nc(F)c(=O)[nH]c1O. The third-order valence-electron chi connectivity index (χ3n) is 1.09. The molecule has 1 heterocycles. The Kier molecular flexibility index (Phi) is 1.78. The van der Waals surface area contributed by atoms with Crippen LogP contribution in [0.15, 0.2) is 4.79 Å². The van der Waals surface area contributed by atoms with Gasteiger partial charge in [0.25, 0.3) is 11.9 Å². The number of halogens is 1. The number of aromatic hydroxyl groups is 1. The molecule has 7 heteroatoms. The Hall–Kier alpha value is -1.92. The molecule has 1 aromatic heterocycles. The summed E-state index contributed by atoms with van der Waals surface area (Å²) >= 11 is 0. The number of hydrogen-bond donors (Lipinski definition) is 3. The fourth-order valence-electron chi connectivity index (χ4n) is 0.592. The van der Waals surface area contributed by atoms with E-state index in [9.17, 15) is 14.0 Å². The van der Waals surface area contributed by atoms with Crippen LogP contribution in [0.4, 0.5) is 4.39 Å². The summed E-state index contributed by atoms with van der Waals surface area (Å²) in [6.07, 6.45) is 0. The zero-order valence-electron chi connectivity index (χ0n) is 5.67. The summed E-state index contributed by atoms with van der Waals surface area (Å²) in [7, 11) is 0. The van der Waals surface area contributed by atoms with Gasteiger partial charge >= 0.3 is 5.56 Å². The van der Waals surface area contributed by atoms with Gasteiger partial charge in [-0.3, -0.25) is 14.6 Å². The average molecular weight is 173 g/mol. The Morgan fingerprint density at radius 2 is 2.25 bits per heavy atom. The molecule has 4 N–H and O–H groups in total. The molecule has 0 radical (unpaired) electrons. The van der Waals surface area contributed by atoms with Crippen LogP contribution in [0.3, 0.4) is 0 Å². The predicted octanol–water partition coefficient (Wildman–Crippen LogP) is -1.29. The number of nitrogens with zero attached hydrogens (tertiary/aromatic N) is 1. The first kappa shape index (κ1) is 8.18. The van der Waals surface area contributed by atoms with Crippen LogP contribution in [-0.4, -0.2) is 21.0 Å². The molecule has 0 saturated carbocycles. The maximum absolute atomic E-state index is 12.3. The van der Waals surface area contributed by atoms with Crippen molar-refractivity contribution in [1.29, 1.82) is 0 Å². The number of H-pyrrole nitrogens is 1. The van der Waals surface area contributed by atoms with Gasteiger partial charge in [-0.2, -0.15) is 4.39 Å². The summed E-state index contributed by atoms with van der Waals surface area (Å²) in [5.74, 6) is -3.38. The van der Waals surface area contributed by atoms with Crippen molar-refractivity contribution < 1.29 is 14.3 Å². The highest BCUT2D eigenvalue weighted by atomic mass is 19.1. The molecule has 1 amide bonds. The fraction of sp³-hybridized carbons (Fsp3) is 0. The van der Waals surface area contributed by atoms with Gasteiger partial charge in [-0.25, -0.2) is 4.98 Å². The lowest BCUT2D eigenvalue weighted by molar-refractivity contribution is 0.0990. The second kappa shape index (κ2) is 2.61. The molecule has 0 unspecified atom stereocenters. The van der Waals surface area contributed by atoms with Crippen LogP contribution in [0.1, 0.15) is 10.5 Å². The Morgan fingerprint density at radius 3 is 2.75 bits per heavy atom. The number of aromatic nitrogens is 2. The first-order chi connectivity index (χ1) is 5.52. The topological polar surface area (TPSA) is 109 Å². The van der Waals surface area contributed by atoms with E-state index in [4.69, 9.17) is 5.11 Å². The van der Waals surface area contributed by atoms with Crippen molar-refractivity contribution in [2.45, 2.75) is 0 Å². The van der Waals surface area contributed by atoms with Crippen molar-refractivity contribution in [3.8, 4) is 5.88 Å². The Labute approximate surface area is 64.9 Å². The normalized spacial score (nSPS) is 9.75. The van der Waals surface area contributed by atoms with Gasteiger partial charge in [-0.15, -0.1) is 0 Å². The molecule has 0 aromatic carbocycles. The summed E-state index contributed by atoms with van der Waals surface area (Å²) in [4.78, 5) is 25.3. The van der Waals surface area contributed by atoms with E-state index < -0.39 is 29.0 Å². The quantitative estimate of drug-likeness (QED) is 0.491. The smallest absolute Gasteiger partial charge is 0.306 e. The monoisotopic (exact) mass is 173 g/mol. The standard InChI is InChI=1S/C5H4FN3O3/c6-2-5(12)9-4(11)1(8-2)3(7)10/h(H2,7,10)(H2,9,11,12). The van der Waals surface area contributed by atoms with Crippen LogP contribution < -0.4 is 11.3 Å². The van der Waals surface area contributed by atoms with Crippen molar-refractivity contribution >= 4 is 5.91 Å². The van der Waals surface area contributed by atoms with E-state index in [1.165, 1.54) is 0 Å². The molecule has 6 nitrogen and oxygen atoms in total. The number of amides is 1. The number of nitrogens with one attached hydrogen (secondary N) is 1. The van der Waals surface area contributed by atoms with Crippen molar-refractivity contribution in [2.75, 3.05) is 0 Å². The molecule has 0 spiro atoms. The minimum Gasteiger partial charge on any atom is -0.493 e. The minimum absolute atomic E-state index is 0.702. The third-order valence-corrected chi connectivity index (χ3v) is 1.09. The second-order valence-electron chi connectivity index (χ2n) is 1.92. The lowest BCUT2D eigenvalue weighted by atomic mass is 10.4. The van der Waals surface area contributed by atoms with E-state index in [0.717, 1.165) is 0 Å². The maximum Gasteiger partial charge on any atom is 0.306 e.